The highest BCUT2D eigenvalue weighted by molar-refractivity contribution is 5.94. The molecule has 0 bridgehead atoms. The van der Waals surface area contributed by atoms with E-state index >= 15 is 0 Å². The number of aliphatic hydroxyl groups is 1. The van der Waals surface area contributed by atoms with Crippen LogP contribution in [0.4, 0.5) is 0 Å². The SMILES string of the molecule is COc1cccc(C)c1C(CO)NC(=O)/C=C\C(=O)O. The third-order valence-corrected chi connectivity index (χ3v) is 2.73. The maximum Gasteiger partial charge on any atom is 0.328 e. The maximum atomic E-state index is 11.6. The van der Waals surface area contributed by atoms with Crippen molar-refractivity contribution in [3.63, 3.8) is 0 Å². The molecule has 1 rings (SSSR count). The molecule has 0 aliphatic heterocycles. The second-order valence-corrected chi connectivity index (χ2v) is 4.11. The lowest BCUT2D eigenvalue weighted by atomic mass is 10.0. The molecule has 0 aliphatic carbocycles. The topological polar surface area (TPSA) is 95.9 Å². The van der Waals surface area contributed by atoms with Crippen LogP contribution >= 0.6 is 0 Å². The van der Waals surface area contributed by atoms with Crippen molar-refractivity contribution in [3.8, 4) is 5.75 Å². The first-order valence-electron chi connectivity index (χ1n) is 5.95. The minimum Gasteiger partial charge on any atom is -0.496 e. The van der Waals surface area contributed by atoms with Crippen molar-refractivity contribution in [1.29, 1.82) is 0 Å². The number of methoxy groups -OCH3 is 1. The van der Waals surface area contributed by atoms with Crippen LogP contribution < -0.4 is 10.1 Å². The molecule has 0 aliphatic rings. The molecule has 20 heavy (non-hydrogen) atoms. The van der Waals surface area contributed by atoms with E-state index in [4.69, 9.17) is 9.84 Å². The molecule has 3 N–H and O–H groups in total. The first-order chi connectivity index (χ1) is 9.49. The first kappa shape index (κ1) is 15.7. The molecule has 1 unspecified atom stereocenters. The molecule has 1 amide bonds. The molecule has 0 saturated carbocycles. The van der Waals surface area contributed by atoms with Crippen LogP contribution in [0.3, 0.4) is 0 Å². The molecule has 108 valence electrons. The molecule has 0 aromatic heterocycles. The van der Waals surface area contributed by atoms with E-state index in [1.54, 1.807) is 12.1 Å². The molecule has 0 radical (unpaired) electrons. The Morgan fingerprint density at radius 2 is 2.10 bits per heavy atom. The average Bonchev–Trinajstić information content (AvgIpc) is 2.42. The predicted molar refractivity (Wildman–Crippen MR) is 72.5 cm³/mol. The van der Waals surface area contributed by atoms with Gasteiger partial charge in [0.1, 0.15) is 5.75 Å². The van der Waals surface area contributed by atoms with Gasteiger partial charge in [-0.2, -0.15) is 0 Å². The Balaban J connectivity index is 2.97. The summed E-state index contributed by atoms with van der Waals surface area (Å²) in [5, 5.41) is 20.4. The summed E-state index contributed by atoms with van der Waals surface area (Å²) >= 11 is 0. The Bertz CT molecular complexity index is 524. The van der Waals surface area contributed by atoms with Crippen LogP contribution in [0.25, 0.3) is 0 Å². The zero-order valence-corrected chi connectivity index (χ0v) is 11.3. The van der Waals surface area contributed by atoms with Gasteiger partial charge in [0.05, 0.1) is 19.8 Å². The van der Waals surface area contributed by atoms with Crippen LogP contribution in [0.15, 0.2) is 30.4 Å². The van der Waals surface area contributed by atoms with Gasteiger partial charge in [-0.1, -0.05) is 12.1 Å². The number of rotatable bonds is 6. The summed E-state index contributed by atoms with van der Waals surface area (Å²) in [5.41, 5.74) is 1.51. The largest absolute Gasteiger partial charge is 0.496 e. The van der Waals surface area contributed by atoms with Crippen molar-refractivity contribution in [2.75, 3.05) is 13.7 Å². The van der Waals surface area contributed by atoms with Gasteiger partial charge in [0.25, 0.3) is 0 Å². The molecule has 6 nitrogen and oxygen atoms in total. The number of aryl methyl sites for hydroxylation is 1. The number of carboxylic acid groups (broad SMARTS) is 1. The summed E-state index contributed by atoms with van der Waals surface area (Å²) in [6.07, 6.45) is 1.63. The normalized spacial score (nSPS) is 12.2. The number of amides is 1. The molecule has 0 heterocycles. The minimum atomic E-state index is -1.21. The number of carbonyl (C=O) groups is 2. The van der Waals surface area contributed by atoms with E-state index in [0.717, 1.165) is 17.7 Å². The zero-order valence-electron chi connectivity index (χ0n) is 11.3. The van der Waals surface area contributed by atoms with Crippen LogP contribution in [-0.2, 0) is 9.59 Å². The van der Waals surface area contributed by atoms with E-state index in [1.807, 2.05) is 13.0 Å². The fourth-order valence-corrected chi connectivity index (χ4v) is 1.85. The number of benzene rings is 1. The average molecular weight is 279 g/mol. The second-order valence-electron chi connectivity index (χ2n) is 4.11. The van der Waals surface area contributed by atoms with Crippen molar-refractivity contribution >= 4 is 11.9 Å². The van der Waals surface area contributed by atoms with Crippen LogP contribution in [0, 0.1) is 6.92 Å². The Morgan fingerprint density at radius 1 is 1.40 bits per heavy atom. The smallest absolute Gasteiger partial charge is 0.328 e. The molecule has 1 atom stereocenters. The standard InChI is InChI=1S/C14H17NO5/c1-9-4-3-5-11(20-2)14(9)10(8-16)15-12(17)6-7-13(18)19/h3-7,10,16H,8H2,1-2H3,(H,15,17)(H,18,19)/b7-6-. The molecule has 0 spiro atoms. The lowest BCUT2D eigenvalue weighted by molar-refractivity contribution is -0.131. The van der Waals surface area contributed by atoms with Gasteiger partial charge in [0, 0.05) is 17.7 Å². The third kappa shape index (κ3) is 4.10. The summed E-state index contributed by atoms with van der Waals surface area (Å²) in [4.78, 5) is 21.9. The van der Waals surface area contributed by atoms with E-state index in [0.29, 0.717) is 11.3 Å². The van der Waals surface area contributed by atoms with Crippen LogP contribution in [0.1, 0.15) is 17.2 Å². The zero-order chi connectivity index (χ0) is 15.1. The molecular weight excluding hydrogens is 262 g/mol. The van der Waals surface area contributed by atoms with Gasteiger partial charge < -0.3 is 20.3 Å². The number of carboxylic acids is 1. The van der Waals surface area contributed by atoms with Gasteiger partial charge in [-0.3, -0.25) is 4.79 Å². The van der Waals surface area contributed by atoms with Crippen molar-refractivity contribution in [3.05, 3.63) is 41.5 Å². The number of aliphatic carboxylic acids is 1. The van der Waals surface area contributed by atoms with E-state index in [-0.39, 0.29) is 6.61 Å². The fourth-order valence-electron chi connectivity index (χ4n) is 1.85. The summed E-state index contributed by atoms with van der Waals surface area (Å²) in [7, 11) is 1.50. The predicted octanol–water partition coefficient (Wildman–Crippen LogP) is 0.794. The van der Waals surface area contributed by atoms with Crippen molar-refractivity contribution in [1.82, 2.24) is 5.32 Å². The van der Waals surface area contributed by atoms with Crippen molar-refractivity contribution in [2.24, 2.45) is 0 Å². The Morgan fingerprint density at radius 3 is 2.65 bits per heavy atom. The van der Waals surface area contributed by atoms with Gasteiger partial charge >= 0.3 is 5.97 Å². The highest BCUT2D eigenvalue weighted by atomic mass is 16.5. The monoisotopic (exact) mass is 279 g/mol. The third-order valence-electron chi connectivity index (χ3n) is 2.73. The van der Waals surface area contributed by atoms with Gasteiger partial charge in [-0.15, -0.1) is 0 Å². The number of hydrogen-bond donors (Lipinski definition) is 3. The molecule has 6 heteroatoms. The minimum absolute atomic E-state index is 0.326. The highest BCUT2D eigenvalue weighted by Gasteiger charge is 2.19. The summed E-state index contributed by atoms with van der Waals surface area (Å²) in [6.45, 7) is 1.51. The molecule has 1 aromatic rings. The van der Waals surface area contributed by atoms with Gasteiger partial charge in [0.15, 0.2) is 0 Å². The molecule has 0 saturated heterocycles. The molecule has 0 fully saturated rings. The van der Waals surface area contributed by atoms with Crippen LogP contribution in [0.2, 0.25) is 0 Å². The lowest BCUT2D eigenvalue weighted by Gasteiger charge is -2.20. The van der Waals surface area contributed by atoms with Crippen molar-refractivity contribution in [2.45, 2.75) is 13.0 Å². The highest BCUT2D eigenvalue weighted by Crippen LogP contribution is 2.28. The van der Waals surface area contributed by atoms with Crippen LogP contribution in [0.5, 0.6) is 5.75 Å². The van der Waals surface area contributed by atoms with Crippen LogP contribution in [-0.4, -0.2) is 35.8 Å². The van der Waals surface area contributed by atoms with E-state index in [9.17, 15) is 14.7 Å². The molecular formula is C14H17NO5. The summed E-state index contributed by atoms with van der Waals surface area (Å²) in [6, 6.07) is 4.69. The Kier molecular flexibility index (Phi) is 5.74. The van der Waals surface area contributed by atoms with Gasteiger partial charge in [-0.25, -0.2) is 4.79 Å². The first-order valence-corrected chi connectivity index (χ1v) is 5.95. The van der Waals surface area contributed by atoms with E-state index < -0.39 is 17.9 Å². The Hall–Kier alpha value is -2.34. The molecule has 1 aromatic carbocycles. The number of nitrogens with one attached hydrogen (secondary N) is 1. The number of hydrogen-bond acceptors (Lipinski definition) is 4. The quantitative estimate of drug-likeness (QED) is 0.669. The van der Waals surface area contributed by atoms with Crippen molar-refractivity contribution < 1.29 is 24.5 Å². The fraction of sp³-hybridized carbons (Fsp3) is 0.286. The Labute approximate surface area is 116 Å². The summed E-state index contributed by atoms with van der Waals surface area (Å²) < 4.78 is 5.21. The lowest BCUT2D eigenvalue weighted by Crippen LogP contribution is -2.30. The number of carbonyl (C=O) groups excluding carboxylic acids is 1. The maximum absolute atomic E-state index is 11.6. The summed E-state index contributed by atoms with van der Waals surface area (Å²) in [5.74, 6) is -1.27. The number of aliphatic hydroxyl groups excluding tert-OH is 1. The van der Waals surface area contributed by atoms with Gasteiger partial charge in [0.2, 0.25) is 5.91 Å². The van der Waals surface area contributed by atoms with E-state index in [2.05, 4.69) is 5.32 Å². The second kappa shape index (κ2) is 7.30. The van der Waals surface area contributed by atoms with Gasteiger partial charge in [-0.05, 0) is 18.6 Å². The number of ether oxygens (including phenoxy) is 1. The van der Waals surface area contributed by atoms with E-state index in [1.165, 1.54) is 7.11 Å².